The van der Waals surface area contributed by atoms with Gasteiger partial charge in [-0.3, -0.25) is 9.78 Å². The topological polar surface area (TPSA) is 91.3 Å². The maximum absolute atomic E-state index is 12.5. The highest BCUT2D eigenvalue weighted by molar-refractivity contribution is 5.95. The van der Waals surface area contributed by atoms with Crippen molar-refractivity contribution in [3.8, 4) is 11.1 Å². The van der Waals surface area contributed by atoms with Gasteiger partial charge in [-0.15, -0.1) is 0 Å². The Morgan fingerprint density at radius 2 is 1.56 bits per heavy atom. The minimum atomic E-state index is -0.962. The lowest BCUT2D eigenvalue weighted by Gasteiger charge is -2.28. The summed E-state index contributed by atoms with van der Waals surface area (Å²) in [5.41, 5.74) is 2.53. The molecule has 1 aromatic carbocycles. The standard InChI is InChI=1S/C21H25N3O3/c25-20(19-10-18(13-22-14-19)17-4-2-1-3-5-17)23-11-15-6-8-16(9-7-15)12-24-21(26)27/h1-5,10,13-16,24H,6-9,11-12H2,(H,23,25)(H,26,27)/t15-,16-. The number of carbonyl (C=O) groups is 2. The Morgan fingerprint density at radius 1 is 0.926 bits per heavy atom. The number of benzene rings is 1. The fourth-order valence-electron chi connectivity index (χ4n) is 3.56. The van der Waals surface area contributed by atoms with Crippen molar-refractivity contribution in [2.24, 2.45) is 11.8 Å². The Labute approximate surface area is 159 Å². The van der Waals surface area contributed by atoms with Gasteiger partial charge >= 0.3 is 6.09 Å². The SMILES string of the molecule is O=C(O)NC[C@H]1CC[C@H](CNC(=O)c2cncc(-c3ccccc3)c2)CC1. The zero-order chi connectivity index (χ0) is 19.1. The molecule has 1 saturated carbocycles. The van der Waals surface area contributed by atoms with Crippen LogP contribution in [0.2, 0.25) is 0 Å². The minimum absolute atomic E-state index is 0.102. The molecule has 0 saturated heterocycles. The van der Waals surface area contributed by atoms with Crippen molar-refractivity contribution in [3.63, 3.8) is 0 Å². The van der Waals surface area contributed by atoms with Crippen LogP contribution in [0.25, 0.3) is 11.1 Å². The summed E-state index contributed by atoms with van der Waals surface area (Å²) >= 11 is 0. The molecule has 0 spiro atoms. The third-order valence-corrected chi connectivity index (χ3v) is 5.17. The van der Waals surface area contributed by atoms with E-state index in [1.54, 1.807) is 12.4 Å². The van der Waals surface area contributed by atoms with Crippen molar-refractivity contribution in [3.05, 3.63) is 54.4 Å². The molecule has 2 aromatic rings. The molecule has 0 aliphatic heterocycles. The number of amides is 2. The number of nitrogens with one attached hydrogen (secondary N) is 2. The molecular weight excluding hydrogens is 342 g/mol. The molecule has 6 nitrogen and oxygen atoms in total. The summed E-state index contributed by atoms with van der Waals surface area (Å²) in [7, 11) is 0. The van der Waals surface area contributed by atoms with Crippen LogP contribution >= 0.6 is 0 Å². The number of carboxylic acid groups (broad SMARTS) is 1. The lowest BCUT2D eigenvalue weighted by Crippen LogP contribution is -2.34. The average Bonchev–Trinajstić information content (AvgIpc) is 2.72. The molecule has 1 heterocycles. The molecule has 0 atom stereocenters. The Hall–Kier alpha value is -2.89. The van der Waals surface area contributed by atoms with Gasteiger partial charge in [0.2, 0.25) is 0 Å². The predicted octanol–water partition coefficient (Wildman–Crippen LogP) is 3.55. The van der Waals surface area contributed by atoms with Gasteiger partial charge in [0.15, 0.2) is 0 Å². The minimum Gasteiger partial charge on any atom is -0.465 e. The molecule has 0 radical (unpaired) electrons. The van der Waals surface area contributed by atoms with Crippen molar-refractivity contribution in [1.29, 1.82) is 0 Å². The number of nitrogens with zero attached hydrogens (tertiary/aromatic N) is 1. The second kappa shape index (κ2) is 9.16. The van der Waals surface area contributed by atoms with E-state index in [4.69, 9.17) is 5.11 Å². The normalized spacial score (nSPS) is 19.3. The Balaban J connectivity index is 1.48. The Morgan fingerprint density at radius 3 is 2.19 bits per heavy atom. The van der Waals surface area contributed by atoms with Gasteiger partial charge in [-0.2, -0.15) is 0 Å². The number of aromatic nitrogens is 1. The van der Waals surface area contributed by atoms with Crippen LogP contribution in [0.5, 0.6) is 0 Å². The van der Waals surface area contributed by atoms with E-state index < -0.39 is 6.09 Å². The fourth-order valence-corrected chi connectivity index (χ4v) is 3.56. The van der Waals surface area contributed by atoms with E-state index in [-0.39, 0.29) is 5.91 Å². The van der Waals surface area contributed by atoms with E-state index in [1.807, 2.05) is 36.4 Å². The lowest BCUT2D eigenvalue weighted by molar-refractivity contribution is 0.0940. The van der Waals surface area contributed by atoms with Gasteiger partial charge in [0, 0.05) is 31.0 Å². The second-order valence-electron chi connectivity index (χ2n) is 7.11. The molecule has 27 heavy (non-hydrogen) atoms. The van der Waals surface area contributed by atoms with Crippen LogP contribution in [-0.2, 0) is 0 Å². The zero-order valence-corrected chi connectivity index (χ0v) is 15.2. The first-order valence-corrected chi connectivity index (χ1v) is 9.37. The van der Waals surface area contributed by atoms with Crippen molar-refractivity contribution in [1.82, 2.24) is 15.6 Å². The van der Waals surface area contributed by atoms with E-state index >= 15 is 0 Å². The highest BCUT2D eigenvalue weighted by Gasteiger charge is 2.22. The first-order valence-electron chi connectivity index (χ1n) is 9.37. The van der Waals surface area contributed by atoms with Crippen molar-refractivity contribution >= 4 is 12.0 Å². The van der Waals surface area contributed by atoms with Crippen LogP contribution in [0.4, 0.5) is 4.79 Å². The smallest absolute Gasteiger partial charge is 0.404 e. The largest absolute Gasteiger partial charge is 0.465 e. The van der Waals surface area contributed by atoms with E-state index in [1.165, 1.54) is 0 Å². The predicted molar refractivity (Wildman–Crippen MR) is 103 cm³/mol. The van der Waals surface area contributed by atoms with Gasteiger partial charge in [0.1, 0.15) is 0 Å². The van der Waals surface area contributed by atoms with Crippen molar-refractivity contribution in [2.75, 3.05) is 13.1 Å². The number of hydrogen-bond acceptors (Lipinski definition) is 3. The molecule has 6 heteroatoms. The van der Waals surface area contributed by atoms with Gasteiger partial charge in [0.25, 0.3) is 5.91 Å². The van der Waals surface area contributed by atoms with Crippen LogP contribution in [0.15, 0.2) is 48.8 Å². The highest BCUT2D eigenvalue weighted by atomic mass is 16.4. The van der Waals surface area contributed by atoms with Gasteiger partial charge < -0.3 is 15.7 Å². The van der Waals surface area contributed by atoms with Gasteiger partial charge in [-0.25, -0.2) is 4.79 Å². The molecule has 0 unspecified atom stereocenters. The van der Waals surface area contributed by atoms with Crippen LogP contribution < -0.4 is 10.6 Å². The molecule has 1 aliphatic carbocycles. The third kappa shape index (κ3) is 5.54. The lowest BCUT2D eigenvalue weighted by atomic mass is 9.82. The highest BCUT2D eigenvalue weighted by Crippen LogP contribution is 2.28. The summed E-state index contributed by atoms with van der Waals surface area (Å²) < 4.78 is 0. The molecule has 3 N–H and O–H groups in total. The third-order valence-electron chi connectivity index (χ3n) is 5.17. The molecular formula is C21H25N3O3. The molecule has 2 amide bonds. The van der Waals surface area contributed by atoms with Crippen LogP contribution in [0, 0.1) is 11.8 Å². The molecule has 1 fully saturated rings. The zero-order valence-electron chi connectivity index (χ0n) is 15.2. The summed E-state index contributed by atoms with van der Waals surface area (Å²) in [5, 5.41) is 14.2. The Bertz CT molecular complexity index is 771. The molecule has 1 aliphatic rings. The van der Waals surface area contributed by atoms with E-state index in [0.29, 0.717) is 30.5 Å². The van der Waals surface area contributed by atoms with Crippen LogP contribution in [0.1, 0.15) is 36.0 Å². The quantitative estimate of drug-likeness (QED) is 0.728. The van der Waals surface area contributed by atoms with Crippen molar-refractivity contribution < 1.29 is 14.7 Å². The molecule has 3 rings (SSSR count). The first-order chi connectivity index (χ1) is 13.1. The van der Waals surface area contributed by atoms with Gasteiger partial charge in [-0.1, -0.05) is 30.3 Å². The summed E-state index contributed by atoms with van der Waals surface area (Å²) in [6.07, 6.45) is 6.39. The Kier molecular flexibility index (Phi) is 6.41. The number of hydrogen-bond donors (Lipinski definition) is 3. The van der Waals surface area contributed by atoms with E-state index in [9.17, 15) is 9.59 Å². The second-order valence-corrected chi connectivity index (χ2v) is 7.11. The van der Waals surface area contributed by atoms with Crippen molar-refractivity contribution in [2.45, 2.75) is 25.7 Å². The molecule has 142 valence electrons. The first kappa shape index (κ1) is 18.9. The summed E-state index contributed by atoms with van der Waals surface area (Å²) in [6.45, 7) is 1.17. The summed E-state index contributed by atoms with van der Waals surface area (Å²) in [4.78, 5) is 27.3. The number of rotatable bonds is 6. The maximum Gasteiger partial charge on any atom is 0.404 e. The monoisotopic (exact) mass is 367 g/mol. The van der Waals surface area contributed by atoms with Crippen LogP contribution in [0.3, 0.4) is 0 Å². The molecule has 0 bridgehead atoms. The number of carbonyl (C=O) groups excluding carboxylic acids is 1. The van der Waals surface area contributed by atoms with E-state index in [0.717, 1.165) is 36.8 Å². The average molecular weight is 367 g/mol. The van der Waals surface area contributed by atoms with Crippen LogP contribution in [-0.4, -0.2) is 35.2 Å². The van der Waals surface area contributed by atoms with E-state index in [2.05, 4.69) is 15.6 Å². The molecule has 1 aromatic heterocycles. The van der Waals surface area contributed by atoms with Gasteiger partial charge in [-0.05, 0) is 49.1 Å². The fraction of sp³-hybridized carbons (Fsp3) is 0.381. The summed E-state index contributed by atoms with van der Waals surface area (Å²) in [6, 6.07) is 11.7. The number of pyridine rings is 1. The maximum atomic E-state index is 12.5. The summed E-state index contributed by atoms with van der Waals surface area (Å²) in [5.74, 6) is 0.745. The van der Waals surface area contributed by atoms with Gasteiger partial charge in [0.05, 0.1) is 5.56 Å².